The van der Waals surface area contributed by atoms with Crippen LogP contribution in [0.15, 0.2) is 30.5 Å². The highest BCUT2D eigenvalue weighted by Crippen LogP contribution is 2.25. The number of piperidine rings is 1. The second-order valence-corrected chi connectivity index (χ2v) is 10.1. The van der Waals surface area contributed by atoms with Gasteiger partial charge in [0, 0.05) is 30.6 Å². The molecule has 152 valence electrons. The number of carbonyl (C=O) groups excluding carboxylic acids is 1. The van der Waals surface area contributed by atoms with Crippen molar-refractivity contribution in [2.24, 2.45) is 5.92 Å². The van der Waals surface area contributed by atoms with Crippen LogP contribution < -0.4 is 5.32 Å². The second kappa shape index (κ2) is 9.11. The fraction of sp³-hybridized carbons (Fsp3) is 0.474. The van der Waals surface area contributed by atoms with E-state index in [1.54, 1.807) is 18.3 Å². The largest absolute Gasteiger partial charge is 0.302 e. The van der Waals surface area contributed by atoms with Gasteiger partial charge in [-0.25, -0.2) is 22.1 Å². The summed E-state index contributed by atoms with van der Waals surface area (Å²) in [4.78, 5) is 17.8. The van der Waals surface area contributed by atoms with Crippen LogP contribution in [0.4, 0.5) is 9.52 Å². The number of sulfonamides is 1. The van der Waals surface area contributed by atoms with Crippen molar-refractivity contribution >= 4 is 32.4 Å². The Balaban J connectivity index is 1.58. The summed E-state index contributed by atoms with van der Waals surface area (Å²) >= 11 is 1.37. The van der Waals surface area contributed by atoms with E-state index in [9.17, 15) is 17.6 Å². The van der Waals surface area contributed by atoms with E-state index in [4.69, 9.17) is 0 Å². The smallest absolute Gasteiger partial charge is 0.230 e. The van der Waals surface area contributed by atoms with Gasteiger partial charge in [-0.05, 0) is 37.0 Å². The number of nitrogens with zero attached hydrogens (tertiary/aromatic N) is 2. The molecule has 2 aromatic rings. The number of halogens is 1. The van der Waals surface area contributed by atoms with Crippen molar-refractivity contribution in [2.75, 3.05) is 24.2 Å². The van der Waals surface area contributed by atoms with Crippen LogP contribution >= 0.6 is 11.3 Å². The molecule has 9 heteroatoms. The first kappa shape index (κ1) is 20.9. The van der Waals surface area contributed by atoms with Gasteiger partial charge in [-0.15, -0.1) is 11.3 Å². The number of nitrogens with one attached hydrogen (secondary N) is 1. The van der Waals surface area contributed by atoms with E-state index >= 15 is 0 Å². The van der Waals surface area contributed by atoms with Gasteiger partial charge in [0.2, 0.25) is 15.9 Å². The van der Waals surface area contributed by atoms with Crippen LogP contribution in [0.1, 0.15) is 36.6 Å². The lowest BCUT2D eigenvalue weighted by Gasteiger charge is -2.30. The minimum absolute atomic E-state index is 0.112. The first-order valence-electron chi connectivity index (χ1n) is 9.35. The van der Waals surface area contributed by atoms with Crippen molar-refractivity contribution in [1.29, 1.82) is 0 Å². The number of carbonyl (C=O) groups is 1. The summed E-state index contributed by atoms with van der Waals surface area (Å²) in [5.41, 5.74) is 0.965. The number of anilines is 1. The van der Waals surface area contributed by atoms with Gasteiger partial charge < -0.3 is 5.32 Å². The van der Waals surface area contributed by atoms with Gasteiger partial charge in [0.25, 0.3) is 0 Å². The molecule has 6 nitrogen and oxygen atoms in total. The fourth-order valence-corrected chi connectivity index (χ4v) is 5.69. The molecule has 0 aliphatic carbocycles. The molecule has 1 aromatic carbocycles. The molecule has 1 aromatic heterocycles. The monoisotopic (exact) mass is 425 g/mol. The summed E-state index contributed by atoms with van der Waals surface area (Å²) in [5, 5.41) is 3.31. The standard InChI is InChI=1S/C19H24FN3O3S2/c1-2-10-28(25,26)23-9-3-4-15(13-23)18(24)22-19-21-12-17(27-19)11-14-5-7-16(20)8-6-14/h5-8,12,15H,2-4,9-11,13H2,1H3,(H,21,22,24). The van der Waals surface area contributed by atoms with Crippen LogP contribution in [0.3, 0.4) is 0 Å². The van der Waals surface area contributed by atoms with E-state index in [0.29, 0.717) is 37.4 Å². The van der Waals surface area contributed by atoms with Crippen molar-refractivity contribution in [2.45, 2.75) is 32.6 Å². The van der Waals surface area contributed by atoms with E-state index < -0.39 is 10.0 Å². The van der Waals surface area contributed by atoms with Gasteiger partial charge in [0.15, 0.2) is 5.13 Å². The molecule has 1 saturated heterocycles. The molecule has 3 rings (SSSR count). The number of hydrogen-bond acceptors (Lipinski definition) is 5. The van der Waals surface area contributed by atoms with E-state index in [0.717, 1.165) is 10.4 Å². The number of hydrogen-bond donors (Lipinski definition) is 1. The molecule has 28 heavy (non-hydrogen) atoms. The van der Waals surface area contributed by atoms with E-state index in [1.807, 2.05) is 6.92 Å². The number of thiazole rings is 1. The summed E-state index contributed by atoms with van der Waals surface area (Å²) in [5.74, 6) is -0.729. The van der Waals surface area contributed by atoms with E-state index in [2.05, 4.69) is 10.3 Å². The lowest BCUT2D eigenvalue weighted by Crippen LogP contribution is -2.44. The van der Waals surface area contributed by atoms with Gasteiger partial charge in [0.05, 0.1) is 11.7 Å². The third-order valence-electron chi connectivity index (χ3n) is 4.69. The zero-order valence-electron chi connectivity index (χ0n) is 15.7. The van der Waals surface area contributed by atoms with E-state index in [1.165, 1.54) is 27.8 Å². The topological polar surface area (TPSA) is 79.4 Å². The summed E-state index contributed by atoms with van der Waals surface area (Å²) in [6.45, 7) is 2.53. The van der Waals surface area contributed by atoms with Gasteiger partial charge in [0.1, 0.15) is 5.82 Å². The molecule has 1 amide bonds. The maximum atomic E-state index is 13.0. The van der Waals surface area contributed by atoms with Crippen LogP contribution in [0.5, 0.6) is 0 Å². The molecule has 1 atom stereocenters. The summed E-state index contributed by atoms with van der Waals surface area (Å²) < 4.78 is 39.0. The Morgan fingerprint density at radius 2 is 2.11 bits per heavy atom. The molecular formula is C19H24FN3O3S2. The van der Waals surface area contributed by atoms with Crippen LogP contribution in [0.25, 0.3) is 0 Å². The van der Waals surface area contributed by atoms with Crippen molar-refractivity contribution in [3.8, 4) is 0 Å². The van der Waals surface area contributed by atoms with Crippen molar-refractivity contribution in [1.82, 2.24) is 9.29 Å². The van der Waals surface area contributed by atoms with Crippen molar-refractivity contribution < 1.29 is 17.6 Å². The van der Waals surface area contributed by atoms with Crippen LogP contribution in [0, 0.1) is 11.7 Å². The maximum absolute atomic E-state index is 13.0. The summed E-state index contributed by atoms with van der Waals surface area (Å²) in [6, 6.07) is 6.28. The van der Waals surface area contributed by atoms with Crippen LogP contribution in [-0.4, -0.2) is 42.5 Å². The number of rotatable bonds is 7. The normalized spacial score (nSPS) is 18.1. The highest BCUT2D eigenvalue weighted by molar-refractivity contribution is 7.89. The predicted octanol–water partition coefficient (Wildman–Crippen LogP) is 3.26. The predicted molar refractivity (Wildman–Crippen MR) is 108 cm³/mol. The molecule has 1 aliphatic rings. The van der Waals surface area contributed by atoms with Gasteiger partial charge in [-0.2, -0.15) is 0 Å². The second-order valence-electron chi connectivity index (χ2n) is 6.94. The fourth-order valence-electron chi connectivity index (χ4n) is 3.25. The van der Waals surface area contributed by atoms with Crippen molar-refractivity contribution in [3.05, 3.63) is 46.7 Å². The van der Waals surface area contributed by atoms with Crippen molar-refractivity contribution in [3.63, 3.8) is 0 Å². The average Bonchev–Trinajstić information content (AvgIpc) is 3.10. The molecule has 0 saturated carbocycles. The molecule has 0 bridgehead atoms. The molecular weight excluding hydrogens is 401 g/mol. The quantitative estimate of drug-likeness (QED) is 0.738. The first-order valence-corrected chi connectivity index (χ1v) is 11.8. The molecule has 2 heterocycles. The minimum Gasteiger partial charge on any atom is -0.302 e. The maximum Gasteiger partial charge on any atom is 0.230 e. The van der Waals surface area contributed by atoms with Gasteiger partial charge >= 0.3 is 0 Å². The molecule has 1 N–H and O–H groups in total. The summed E-state index contributed by atoms with van der Waals surface area (Å²) in [6.07, 6.45) is 4.21. The van der Waals surface area contributed by atoms with Gasteiger partial charge in [-0.1, -0.05) is 19.1 Å². The minimum atomic E-state index is -3.29. The lowest BCUT2D eigenvalue weighted by molar-refractivity contribution is -0.120. The Kier molecular flexibility index (Phi) is 6.79. The Bertz CT molecular complexity index is 913. The molecule has 0 radical (unpaired) electrons. The van der Waals surface area contributed by atoms with Gasteiger partial charge in [-0.3, -0.25) is 4.79 Å². The third kappa shape index (κ3) is 5.36. The number of amides is 1. The Labute approximate surface area is 168 Å². The highest BCUT2D eigenvalue weighted by atomic mass is 32.2. The third-order valence-corrected chi connectivity index (χ3v) is 7.64. The first-order chi connectivity index (χ1) is 13.4. The zero-order chi connectivity index (χ0) is 20.1. The number of aromatic nitrogens is 1. The SMILES string of the molecule is CCCS(=O)(=O)N1CCCC(C(=O)Nc2ncc(Cc3ccc(F)cc3)s2)C1. The molecule has 1 unspecified atom stereocenters. The zero-order valence-corrected chi connectivity index (χ0v) is 17.4. The molecule has 1 aliphatic heterocycles. The van der Waals surface area contributed by atoms with Crippen LogP contribution in [0.2, 0.25) is 0 Å². The Morgan fingerprint density at radius 3 is 2.82 bits per heavy atom. The summed E-state index contributed by atoms with van der Waals surface area (Å²) in [7, 11) is -3.29. The Hall–Kier alpha value is -1.84. The van der Waals surface area contributed by atoms with E-state index in [-0.39, 0.29) is 29.9 Å². The average molecular weight is 426 g/mol. The highest BCUT2D eigenvalue weighted by Gasteiger charge is 2.32. The molecule has 0 spiro atoms. The number of benzene rings is 1. The Morgan fingerprint density at radius 1 is 1.36 bits per heavy atom. The molecule has 1 fully saturated rings. The lowest BCUT2D eigenvalue weighted by atomic mass is 9.99. The van der Waals surface area contributed by atoms with Crippen LogP contribution in [-0.2, 0) is 21.2 Å².